The van der Waals surface area contributed by atoms with E-state index in [0.717, 1.165) is 19.4 Å². The third-order valence-electron chi connectivity index (χ3n) is 2.83. The summed E-state index contributed by atoms with van der Waals surface area (Å²) in [5.41, 5.74) is 0. The molecule has 2 amide bonds. The van der Waals surface area contributed by atoms with Crippen LogP contribution < -0.4 is 5.32 Å². The smallest absolute Gasteiger partial charge is 0.244 e. The average Bonchev–Trinajstić information content (AvgIpc) is 2.73. The molecule has 1 rings (SSSR count). The van der Waals surface area contributed by atoms with Gasteiger partial charge >= 0.3 is 0 Å². The molecule has 1 aliphatic rings. The summed E-state index contributed by atoms with van der Waals surface area (Å²) in [6, 6.07) is -0.249. The van der Waals surface area contributed by atoms with Crippen molar-refractivity contribution in [1.29, 1.82) is 0 Å². The van der Waals surface area contributed by atoms with Crippen LogP contribution in [-0.2, 0) is 9.59 Å². The van der Waals surface area contributed by atoms with Gasteiger partial charge in [0.2, 0.25) is 11.8 Å². The molecular weight excluding hydrogens is 206 g/mol. The van der Waals surface area contributed by atoms with Crippen LogP contribution in [0.5, 0.6) is 0 Å². The Labute approximate surface area is 96.8 Å². The molecule has 1 heterocycles. The summed E-state index contributed by atoms with van der Waals surface area (Å²) in [5.74, 6) is 0.0573. The van der Waals surface area contributed by atoms with Gasteiger partial charge in [0.25, 0.3) is 0 Å². The third kappa shape index (κ3) is 2.95. The van der Waals surface area contributed by atoms with Gasteiger partial charge in [0.1, 0.15) is 6.04 Å². The first kappa shape index (κ1) is 13.0. The molecule has 0 bridgehead atoms. The first-order valence-electron chi connectivity index (χ1n) is 5.79. The maximum absolute atomic E-state index is 11.8. The molecule has 0 saturated carbocycles. The highest BCUT2D eigenvalue weighted by atomic mass is 16.2. The number of likely N-dealkylation sites (tertiary alicyclic amines) is 1. The number of hydrogen-bond acceptors (Lipinski definition) is 3. The molecule has 0 spiro atoms. The number of nitrogens with zero attached hydrogens (tertiary/aromatic N) is 2. The van der Waals surface area contributed by atoms with E-state index in [9.17, 15) is 9.59 Å². The quantitative estimate of drug-likeness (QED) is 0.716. The van der Waals surface area contributed by atoms with Crippen LogP contribution in [0.1, 0.15) is 19.8 Å². The normalized spacial score (nSPS) is 19.9. The van der Waals surface area contributed by atoms with Gasteiger partial charge in [0.05, 0.1) is 6.54 Å². The van der Waals surface area contributed by atoms with Crippen LogP contribution >= 0.6 is 0 Å². The first-order valence-corrected chi connectivity index (χ1v) is 5.79. The first-order chi connectivity index (χ1) is 7.57. The number of amides is 2. The van der Waals surface area contributed by atoms with Crippen LogP contribution in [0.15, 0.2) is 0 Å². The Morgan fingerprint density at radius 1 is 1.44 bits per heavy atom. The standard InChI is InChI=1S/C11H21N3O2/c1-4-12-8-10(15)14-7-5-6-9(14)11(16)13(2)3/h9,12H,4-8H2,1-3H3. The molecule has 0 aromatic heterocycles. The molecule has 92 valence electrons. The summed E-state index contributed by atoms with van der Waals surface area (Å²) in [4.78, 5) is 26.9. The highest BCUT2D eigenvalue weighted by Gasteiger charge is 2.34. The van der Waals surface area contributed by atoms with Crippen molar-refractivity contribution in [1.82, 2.24) is 15.1 Å². The van der Waals surface area contributed by atoms with E-state index in [-0.39, 0.29) is 17.9 Å². The largest absolute Gasteiger partial charge is 0.347 e. The Morgan fingerprint density at radius 2 is 2.12 bits per heavy atom. The SMILES string of the molecule is CCNCC(=O)N1CCCC1C(=O)N(C)C. The van der Waals surface area contributed by atoms with Crippen molar-refractivity contribution in [2.24, 2.45) is 0 Å². The molecule has 0 radical (unpaired) electrons. The van der Waals surface area contributed by atoms with Gasteiger partial charge < -0.3 is 15.1 Å². The van der Waals surface area contributed by atoms with Gasteiger partial charge in [0, 0.05) is 20.6 Å². The van der Waals surface area contributed by atoms with E-state index in [1.165, 1.54) is 0 Å². The van der Waals surface area contributed by atoms with E-state index < -0.39 is 0 Å². The van der Waals surface area contributed by atoms with Gasteiger partial charge in [-0.25, -0.2) is 0 Å². The molecule has 16 heavy (non-hydrogen) atoms. The monoisotopic (exact) mass is 227 g/mol. The van der Waals surface area contributed by atoms with E-state index >= 15 is 0 Å². The van der Waals surface area contributed by atoms with Crippen LogP contribution in [0.25, 0.3) is 0 Å². The summed E-state index contributed by atoms with van der Waals surface area (Å²) in [5, 5.41) is 3.00. The van der Waals surface area contributed by atoms with E-state index in [1.54, 1.807) is 23.9 Å². The van der Waals surface area contributed by atoms with Crippen LogP contribution in [0, 0.1) is 0 Å². The van der Waals surface area contributed by atoms with E-state index in [4.69, 9.17) is 0 Å². The predicted octanol–water partition coefficient (Wildman–Crippen LogP) is -0.325. The fourth-order valence-corrected chi connectivity index (χ4v) is 1.95. The van der Waals surface area contributed by atoms with Crippen molar-refractivity contribution in [3.63, 3.8) is 0 Å². The number of carbonyl (C=O) groups excluding carboxylic acids is 2. The highest BCUT2D eigenvalue weighted by molar-refractivity contribution is 5.88. The molecule has 1 aliphatic heterocycles. The lowest BCUT2D eigenvalue weighted by atomic mass is 10.2. The van der Waals surface area contributed by atoms with E-state index in [0.29, 0.717) is 13.1 Å². The lowest BCUT2D eigenvalue weighted by Gasteiger charge is -2.26. The summed E-state index contributed by atoms with van der Waals surface area (Å²) in [6.45, 7) is 3.76. The zero-order chi connectivity index (χ0) is 12.1. The zero-order valence-corrected chi connectivity index (χ0v) is 10.3. The molecule has 1 saturated heterocycles. The molecule has 1 fully saturated rings. The van der Waals surface area contributed by atoms with Gasteiger partial charge in [0.15, 0.2) is 0 Å². The minimum absolute atomic E-state index is 0.0274. The lowest BCUT2D eigenvalue weighted by Crippen LogP contribution is -2.48. The number of hydrogen-bond donors (Lipinski definition) is 1. The van der Waals surface area contributed by atoms with Gasteiger partial charge in [-0.1, -0.05) is 6.92 Å². The molecule has 0 aliphatic carbocycles. The number of likely N-dealkylation sites (N-methyl/N-ethyl adjacent to an activating group) is 2. The van der Waals surface area contributed by atoms with Crippen LogP contribution in [0.4, 0.5) is 0 Å². The molecule has 1 atom stereocenters. The minimum atomic E-state index is -0.249. The van der Waals surface area contributed by atoms with Crippen LogP contribution in [-0.4, -0.2) is 61.4 Å². The van der Waals surface area contributed by atoms with Gasteiger partial charge in [-0.05, 0) is 19.4 Å². The Bertz CT molecular complexity index is 266. The zero-order valence-electron chi connectivity index (χ0n) is 10.3. The average molecular weight is 227 g/mol. The topological polar surface area (TPSA) is 52.7 Å². The van der Waals surface area contributed by atoms with Crippen molar-refractivity contribution in [3.05, 3.63) is 0 Å². The van der Waals surface area contributed by atoms with Crippen LogP contribution in [0.2, 0.25) is 0 Å². The van der Waals surface area contributed by atoms with Gasteiger partial charge in [-0.3, -0.25) is 9.59 Å². The molecule has 0 aromatic carbocycles. The summed E-state index contributed by atoms with van der Waals surface area (Å²) in [7, 11) is 3.46. The molecule has 1 unspecified atom stereocenters. The number of nitrogens with one attached hydrogen (secondary N) is 1. The third-order valence-corrected chi connectivity index (χ3v) is 2.83. The Balaban J connectivity index is 2.58. The van der Waals surface area contributed by atoms with Gasteiger partial charge in [-0.15, -0.1) is 0 Å². The molecule has 0 aromatic rings. The van der Waals surface area contributed by atoms with Crippen LogP contribution in [0.3, 0.4) is 0 Å². The Kier molecular flexibility index (Phi) is 4.73. The number of rotatable bonds is 4. The fraction of sp³-hybridized carbons (Fsp3) is 0.818. The van der Waals surface area contributed by atoms with Crippen molar-refractivity contribution in [3.8, 4) is 0 Å². The Hall–Kier alpha value is -1.10. The van der Waals surface area contributed by atoms with Crippen molar-refractivity contribution in [2.75, 3.05) is 33.7 Å². The molecule has 5 nitrogen and oxygen atoms in total. The van der Waals surface area contributed by atoms with Crippen molar-refractivity contribution < 1.29 is 9.59 Å². The second-order valence-corrected chi connectivity index (χ2v) is 4.26. The molecule has 5 heteroatoms. The predicted molar refractivity (Wildman–Crippen MR) is 62.0 cm³/mol. The van der Waals surface area contributed by atoms with E-state index in [1.807, 2.05) is 6.92 Å². The second kappa shape index (κ2) is 5.84. The molecular formula is C11H21N3O2. The highest BCUT2D eigenvalue weighted by Crippen LogP contribution is 2.18. The van der Waals surface area contributed by atoms with Gasteiger partial charge in [-0.2, -0.15) is 0 Å². The van der Waals surface area contributed by atoms with Crippen molar-refractivity contribution in [2.45, 2.75) is 25.8 Å². The Morgan fingerprint density at radius 3 is 2.69 bits per heavy atom. The van der Waals surface area contributed by atoms with E-state index in [2.05, 4.69) is 5.32 Å². The van der Waals surface area contributed by atoms with Crippen molar-refractivity contribution >= 4 is 11.8 Å². The lowest BCUT2D eigenvalue weighted by molar-refractivity contribution is -0.141. The maximum atomic E-state index is 11.8. The fourth-order valence-electron chi connectivity index (χ4n) is 1.95. The maximum Gasteiger partial charge on any atom is 0.244 e. The number of carbonyl (C=O) groups is 2. The summed E-state index contributed by atoms with van der Waals surface area (Å²) in [6.07, 6.45) is 1.71. The minimum Gasteiger partial charge on any atom is -0.347 e. The summed E-state index contributed by atoms with van der Waals surface area (Å²) < 4.78 is 0. The second-order valence-electron chi connectivity index (χ2n) is 4.26. The summed E-state index contributed by atoms with van der Waals surface area (Å²) >= 11 is 0. The molecule has 1 N–H and O–H groups in total.